The van der Waals surface area contributed by atoms with Crippen LogP contribution in [0, 0.1) is 0 Å². The fourth-order valence-electron chi connectivity index (χ4n) is 2.76. The number of pyridine rings is 1. The van der Waals surface area contributed by atoms with Crippen molar-refractivity contribution in [3.05, 3.63) is 84.7 Å². The number of anilines is 1. The molecule has 0 saturated heterocycles. The summed E-state index contributed by atoms with van der Waals surface area (Å²) in [6, 6.07) is 22.2. The summed E-state index contributed by atoms with van der Waals surface area (Å²) in [4.78, 5) is 30.2. The van der Waals surface area contributed by atoms with Crippen LogP contribution in [0.5, 0.6) is 11.5 Å². The lowest BCUT2D eigenvalue weighted by molar-refractivity contribution is -0.130. The molecule has 1 heterocycles. The van der Waals surface area contributed by atoms with Crippen molar-refractivity contribution in [1.29, 1.82) is 0 Å². The second kappa shape index (κ2) is 10.0. The average molecular weight is 389 g/mol. The molecule has 6 nitrogen and oxygen atoms in total. The standard InChI is InChI=1S/C23H23N3O3/c1-18(27)26(17-19-9-7-8-15-24-19)16-14-23(28)25-21-12-5-6-13-22(21)29-20-10-3-2-4-11-20/h2-13,15H,14,16-17H2,1H3,(H,25,28). The summed E-state index contributed by atoms with van der Waals surface area (Å²) in [7, 11) is 0. The normalized spacial score (nSPS) is 10.2. The molecular weight excluding hydrogens is 366 g/mol. The van der Waals surface area contributed by atoms with Gasteiger partial charge in [0.15, 0.2) is 5.75 Å². The van der Waals surface area contributed by atoms with Crippen LogP contribution in [0.1, 0.15) is 19.0 Å². The molecule has 6 heteroatoms. The van der Waals surface area contributed by atoms with Crippen LogP contribution in [-0.4, -0.2) is 28.2 Å². The van der Waals surface area contributed by atoms with Crippen molar-refractivity contribution in [3.63, 3.8) is 0 Å². The molecule has 0 spiro atoms. The summed E-state index contributed by atoms with van der Waals surface area (Å²) in [5.74, 6) is 0.953. The monoisotopic (exact) mass is 389 g/mol. The Morgan fingerprint density at radius 1 is 0.966 bits per heavy atom. The van der Waals surface area contributed by atoms with E-state index < -0.39 is 0 Å². The second-order valence-electron chi connectivity index (χ2n) is 6.47. The van der Waals surface area contributed by atoms with Crippen molar-refractivity contribution in [3.8, 4) is 11.5 Å². The van der Waals surface area contributed by atoms with Crippen molar-refractivity contribution in [1.82, 2.24) is 9.88 Å². The molecule has 0 fully saturated rings. The minimum Gasteiger partial charge on any atom is -0.455 e. The van der Waals surface area contributed by atoms with Crippen LogP contribution in [0.4, 0.5) is 5.69 Å². The lowest BCUT2D eigenvalue weighted by atomic mass is 10.2. The second-order valence-corrected chi connectivity index (χ2v) is 6.47. The number of nitrogens with one attached hydrogen (secondary N) is 1. The third-order valence-corrected chi connectivity index (χ3v) is 4.27. The van der Waals surface area contributed by atoms with Crippen LogP contribution >= 0.6 is 0 Å². The highest BCUT2D eigenvalue weighted by Gasteiger charge is 2.14. The number of rotatable bonds is 8. The molecule has 2 aromatic carbocycles. The van der Waals surface area contributed by atoms with Gasteiger partial charge < -0.3 is 15.0 Å². The number of nitrogens with zero attached hydrogens (tertiary/aromatic N) is 2. The van der Waals surface area contributed by atoms with Crippen LogP contribution < -0.4 is 10.1 Å². The predicted octanol–water partition coefficient (Wildman–Crippen LogP) is 4.25. The fraction of sp³-hybridized carbons (Fsp3) is 0.174. The first-order valence-corrected chi connectivity index (χ1v) is 9.39. The maximum absolute atomic E-state index is 12.5. The molecule has 0 aliphatic rings. The molecule has 1 N–H and O–H groups in total. The first-order valence-electron chi connectivity index (χ1n) is 9.39. The summed E-state index contributed by atoms with van der Waals surface area (Å²) in [6.07, 6.45) is 1.86. The molecule has 1 aromatic heterocycles. The first kappa shape index (κ1) is 20.1. The van der Waals surface area contributed by atoms with Gasteiger partial charge in [0, 0.05) is 26.1 Å². The smallest absolute Gasteiger partial charge is 0.226 e. The molecule has 0 bridgehead atoms. The molecule has 2 amide bonds. The third-order valence-electron chi connectivity index (χ3n) is 4.27. The van der Waals surface area contributed by atoms with E-state index in [0.29, 0.717) is 30.3 Å². The van der Waals surface area contributed by atoms with Gasteiger partial charge in [0.2, 0.25) is 11.8 Å². The highest BCUT2D eigenvalue weighted by molar-refractivity contribution is 5.92. The van der Waals surface area contributed by atoms with Crippen LogP contribution in [0.15, 0.2) is 79.0 Å². The minimum absolute atomic E-state index is 0.101. The lowest BCUT2D eigenvalue weighted by Crippen LogP contribution is -2.31. The van der Waals surface area contributed by atoms with E-state index in [2.05, 4.69) is 10.3 Å². The number of ether oxygens (including phenoxy) is 1. The van der Waals surface area contributed by atoms with E-state index in [1.165, 1.54) is 6.92 Å². The minimum atomic E-state index is -0.193. The number of hydrogen-bond acceptors (Lipinski definition) is 4. The lowest BCUT2D eigenvalue weighted by Gasteiger charge is -2.20. The predicted molar refractivity (Wildman–Crippen MR) is 112 cm³/mol. The van der Waals surface area contributed by atoms with E-state index in [1.807, 2.05) is 60.7 Å². The number of amides is 2. The molecule has 0 unspecified atom stereocenters. The zero-order valence-corrected chi connectivity index (χ0v) is 16.2. The van der Waals surface area contributed by atoms with E-state index in [0.717, 1.165) is 5.69 Å². The molecule has 0 aliphatic carbocycles. The summed E-state index contributed by atoms with van der Waals surface area (Å²) in [6.45, 7) is 2.17. The van der Waals surface area contributed by atoms with Gasteiger partial charge in [-0.2, -0.15) is 0 Å². The van der Waals surface area contributed by atoms with Gasteiger partial charge in [-0.05, 0) is 36.4 Å². The van der Waals surface area contributed by atoms with Gasteiger partial charge >= 0.3 is 0 Å². The Labute approximate surface area is 170 Å². The van der Waals surface area contributed by atoms with Crippen molar-refractivity contribution < 1.29 is 14.3 Å². The van der Waals surface area contributed by atoms with Gasteiger partial charge in [0.05, 0.1) is 17.9 Å². The van der Waals surface area contributed by atoms with Gasteiger partial charge in [-0.3, -0.25) is 14.6 Å². The molecular formula is C23H23N3O3. The van der Waals surface area contributed by atoms with E-state index in [-0.39, 0.29) is 18.2 Å². The van der Waals surface area contributed by atoms with E-state index in [4.69, 9.17) is 4.74 Å². The SMILES string of the molecule is CC(=O)N(CCC(=O)Nc1ccccc1Oc1ccccc1)Cc1ccccn1. The van der Waals surface area contributed by atoms with Crippen LogP contribution in [0.2, 0.25) is 0 Å². The molecule has 3 rings (SSSR count). The number of carbonyl (C=O) groups is 2. The summed E-state index contributed by atoms with van der Waals surface area (Å²) in [5, 5.41) is 2.87. The van der Waals surface area contributed by atoms with Gasteiger partial charge in [0.25, 0.3) is 0 Å². The molecule has 0 saturated carbocycles. The Balaban J connectivity index is 1.59. The van der Waals surface area contributed by atoms with Gasteiger partial charge in [-0.25, -0.2) is 0 Å². The quantitative estimate of drug-likeness (QED) is 0.625. The highest BCUT2D eigenvalue weighted by Crippen LogP contribution is 2.29. The van der Waals surface area contributed by atoms with Crippen molar-refractivity contribution in [2.24, 2.45) is 0 Å². The maximum Gasteiger partial charge on any atom is 0.226 e. The Morgan fingerprint density at radius 3 is 2.41 bits per heavy atom. The Bertz CT molecular complexity index is 946. The van der Waals surface area contributed by atoms with E-state index in [9.17, 15) is 9.59 Å². The van der Waals surface area contributed by atoms with Gasteiger partial charge in [-0.15, -0.1) is 0 Å². The molecule has 29 heavy (non-hydrogen) atoms. The van der Waals surface area contributed by atoms with E-state index >= 15 is 0 Å². The van der Waals surface area contributed by atoms with Gasteiger partial charge in [-0.1, -0.05) is 36.4 Å². The zero-order valence-electron chi connectivity index (χ0n) is 16.2. The van der Waals surface area contributed by atoms with Crippen LogP contribution in [0.25, 0.3) is 0 Å². The average Bonchev–Trinajstić information content (AvgIpc) is 2.74. The number of para-hydroxylation sites is 3. The van der Waals surface area contributed by atoms with Crippen molar-refractivity contribution >= 4 is 17.5 Å². The molecule has 0 radical (unpaired) electrons. The largest absolute Gasteiger partial charge is 0.455 e. The molecule has 148 valence electrons. The fourth-order valence-corrected chi connectivity index (χ4v) is 2.76. The molecule has 0 atom stereocenters. The number of hydrogen-bond donors (Lipinski definition) is 1. The third kappa shape index (κ3) is 6.17. The summed E-state index contributed by atoms with van der Waals surface area (Å²) < 4.78 is 5.87. The van der Waals surface area contributed by atoms with E-state index in [1.54, 1.807) is 23.2 Å². The van der Waals surface area contributed by atoms with Crippen LogP contribution in [0.3, 0.4) is 0 Å². The Hall–Kier alpha value is -3.67. The Morgan fingerprint density at radius 2 is 1.69 bits per heavy atom. The summed E-state index contributed by atoms with van der Waals surface area (Å²) >= 11 is 0. The first-order chi connectivity index (χ1) is 14.1. The van der Waals surface area contributed by atoms with Crippen LogP contribution in [-0.2, 0) is 16.1 Å². The number of aromatic nitrogens is 1. The Kier molecular flexibility index (Phi) is 6.95. The number of benzene rings is 2. The van der Waals surface area contributed by atoms with Crippen molar-refractivity contribution in [2.45, 2.75) is 19.9 Å². The zero-order chi connectivity index (χ0) is 20.5. The number of carbonyl (C=O) groups excluding carboxylic acids is 2. The summed E-state index contributed by atoms with van der Waals surface area (Å²) in [5.41, 5.74) is 1.37. The molecule has 0 aliphatic heterocycles. The highest BCUT2D eigenvalue weighted by atomic mass is 16.5. The molecule has 3 aromatic rings. The van der Waals surface area contributed by atoms with Crippen molar-refractivity contribution in [2.75, 3.05) is 11.9 Å². The van der Waals surface area contributed by atoms with Gasteiger partial charge in [0.1, 0.15) is 5.75 Å². The topological polar surface area (TPSA) is 71.5 Å². The maximum atomic E-state index is 12.5.